The molecule has 0 bridgehead atoms. The molecule has 4 heteroatoms. The molecule has 0 saturated carbocycles. The smallest absolute Gasteiger partial charge is 0.176 e. The van der Waals surface area contributed by atoms with Gasteiger partial charge in [-0.25, -0.2) is 4.39 Å². The van der Waals surface area contributed by atoms with Crippen molar-refractivity contribution in [2.45, 2.75) is 6.92 Å². The van der Waals surface area contributed by atoms with Crippen LogP contribution in [0.25, 0.3) is 0 Å². The first-order valence-electron chi connectivity index (χ1n) is 3.61. The zero-order valence-corrected chi connectivity index (χ0v) is 9.25. The van der Waals surface area contributed by atoms with Crippen LogP contribution in [0.2, 0.25) is 5.02 Å². The standard InChI is InChI=1S/C9H7BrClFO/c1-5-2-6(9(13)4-10)8(12)3-7(5)11/h2-3H,4H2,1H3. The lowest BCUT2D eigenvalue weighted by atomic mass is 10.1. The van der Waals surface area contributed by atoms with E-state index in [1.165, 1.54) is 6.07 Å². The van der Waals surface area contributed by atoms with Crippen LogP contribution in [0, 0.1) is 12.7 Å². The Balaban J connectivity index is 3.23. The first-order chi connectivity index (χ1) is 6.06. The van der Waals surface area contributed by atoms with Crippen molar-refractivity contribution in [3.05, 3.63) is 34.1 Å². The topological polar surface area (TPSA) is 17.1 Å². The van der Waals surface area contributed by atoms with Crippen molar-refractivity contribution < 1.29 is 9.18 Å². The van der Waals surface area contributed by atoms with Crippen LogP contribution in [0.5, 0.6) is 0 Å². The van der Waals surface area contributed by atoms with Crippen LogP contribution in [-0.4, -0.2) is 11.1 Å². The van der Waals surface area contributed by atoms with E-state index >= 15 is 0 Å². The lowest BCUT2D eigenvalue weighted by Crippen LogP contribution is -2.03. The van der Waals surface area contributed by atoms with Crippen LogP contribution in [0.1, 0.15) is 15.9 Å². The summed E-state index contributed by atoms with van der Waals surface area (Å²) in [5.74, 6) is -0.850. The number of hydrogen-bond acceptors (Lipinski definition) is 1. The van der Waals surface area contributed by atoms with Crippen LogP contribution >= 0.6 is 27.5 Å². The Kier molecular flexibility index (Phi) is 3.45. The van der Waals surface area contributed by atoms with Gasteiger partial charge in [-0.1, -0.05) is 27.5 Å². The monoisotopic (exact) mass is 264 g/mol. The molecule has 0 amide bonds. The molecule has 0 aliphatic heterocycles. The molecule has 1 aromatic rings. The van der Waals surface area contributed by atoms with Gasteiger partial charge in [0.2, 0.25) is 0 Å². The van der Waals surface area contributed by atoms with E-state index in [1.807, 2.05) is 0 Å². The molecular weight excluding hydrogens is 258 g/mol. The second-order valence-electron chi connectivity index (χ2n) is 2.64. The number of halogens is 3. The van der Waals surface area contributed by atoms with Gasteiger partial charge in [0.05, 0.1) is 10.9 Å². The maximum Gasteiger partial charge on any atom is 0.176 e. The fraction of sp³-hybridized carbons (Fsp3) is 0.222. The highest BCUT2D eigenvalue weighted by atomic mass is 79.9. The molecule has 13 heavy (non-hydrogen) atoms. The number of Topliss-reactive ketones (excluding diaryl/α,β-unsaturated/α-hetero) is 1. The van der Waals surface area contributed by atoms with Gasteiger partial charge in [0, 0.05) is 5.02 Å². The molecule has 1 aromatic carbocycles. The average molecular weight is 266 g/mol. The number of hydrogen-bond donors (Lipinski definition) is 0. The highest BCUT2D eigenvalue weighted by Crippen LogP contribution is 2.20. The van der Waals surface area contributed by atoms with E-state index in [0.717, 1.165) is 6.07 Å². The predicted octanol–water partition coefficient (Wildman–Crippen LogP) is 3.37. The van der Waals surface area contributed by atoms with Gasteiger partial charge in [-0.3, -0.25) is 4.79 Å². The molecule has 0 fully saturated rings. The van der Waals surface area contributed by atoms with Gasteiger partial charge in [-0.05, 0) is 24.6 Å². The highest BCUT2D eigenvalue weighted by molar-refractivity contribution is 9.09. The molecule has 1 rings (SSSR count). The summed E-state index contributed by atoms with van der Waals surface area (Å²) in [6.07, 6.45) is 0. The lowest BCUT2D eigenvalue weighted by Gasteiger charge is -2.03. The van der Waals surface area contributed by atoms with Crippen molar-refractivity contribution in [3.63, 3.8) is 0 Å². The fourth-order valence-corrected chi connectivity index (χ4v) is 1.40. The summed E-state index contributed by atoms with van der Waals surface area (Å²) in [7, 11) is 0. The molecule has 0 aliphatic rings. The van der Waals surface area contributed by atoms with E-state index in [2.05, 4.69) is 15.9 Å². The molecule has 0 N–H and O–H groups in total. The van der Waals surface area contributed by atoms with E-state index in [0.29, 0.717) is 10.6 Å². The molecule has 70 valence electrons. The summed E-state index contributed by atoms with van der Waals surface area (Å²) < 4.78 is 13.1. The van der Waals surface area contributed by atoms with Gasteiger partial charge in [0.25, 0.3) is 0 Å². The zero-order chi connectivity index (χ0) is 10.0. The van der Waals surface area contributed by atoms with Crippen molar-refractivity contribution in [2.24, 2.45) is 0 Å². The molecule has 0 spiro atoms. The molecule has 0 saturated heterocycles. The molecule has 0 aromatic heterocycles. The molecule has 0 radical (unpaired) electrons. The summed E-state index contributed by atoms with van der Waals surface area (Å²) in [5.41, 5.74) is 0.783. The van der Waals surface area contributed by atoms with Crippen LogP contribution in [0.3, 0.4) is 0 Å². The highest BCUT2D eigenvalue weighted by Gasteiger charge is 2.12. The van der Waals surface area contributed by atoms with Gasteiger partial charge in [-0.2, -0.15) is 0 Å². The summed E-state index contributed by atoms with van der Waals surface area (Å²) in [6.45, 7) is 1.73. The van der Waals surface area contributed by atoms with Crippen molar-refractivity contribution in [1.29, 1.82) is 0 Å². The van der Waals surface area contributed by atoms with Crippen LogP contribution in [-0.2, 0) is 0 Å². The second kappa shape index (κ2) is 4.20. The van der Waals surface area contributed by atoms with E-state index in [1.54, 1.807) is 6.92 Å². The minimum absolute atomic E-state index is 0.0822. The molecule has 0 aliphatic carbocycles. The Labute approximate surface area is 89.0 Å². The van der Waals surface area contributed by atoms with Gasteiger partial charge in [-0.15, -0.1) is 0 Å². The normalized spacial score (nSPS) is 10.2. The SMILES string of the molecule is Cc1cc(C(=O)CBr)c(F)cc1Cl. The summed E-state index contributed by atoms with van der Waals surface area (Å²) in [5, 5.41) is 0.453. The largest absolute Gasteiger partial charge is 0.293 e. The quantitative estimate of drug-likeness (QED) is 0.592. The number of carbonyl (C=O) groups is 1. The Morgan fingerprint density at radius 2 is 2.23 bits per heavy atom. The number of rotatable bonds is 2. The first-order valence-corrected chi connectivity index (χ1v) is 5.11. The van der Waals surface area contributed by atoms with Crippen LogP contribution in [0.4, 0.5) is 4.39 Å². The van der Waals surface area contributed by atoms with E-state index < -0.39 is 5.82 Å². The molecule has 1 nitrogen and oxygen atoms in total. The maximum absolute atomic E-state index is 13.1. The molecular formula is C9H7BrClFO. The van der Waals surface area contributed by atoms with Crippen LogP contribution in [0.15, 0.2) is 12.1 Å². The molecule has 0 unspecified atom stereocenters. The van der Waals surface area contributed by atoms with Gasteiger partial charge in [0.15, 0.2) is 5.78 Å². The van der Waals surface area contributed by atoms with Crippen molar-refractivity contribution in [3.8, 4) is 0 Å². The Morgan fingerprint density at radius 1 is 1.62 bits per heavy atom. The van der Waals surface area contributed by atoms with Gasteiger partial charge in [0.1, 0.15) is 5.82 Å². The Morgan fingerprint density at radius 3 is 2.77 bits per heavy atom. The Hall–Kier alpha value is -0.410. The van der Waals surface area contributed by atoms with E-state index in [-0.39, 0.29) is 16.7 Å². The number of benzene rings is 1. The van der Waals surface area contributed by atoms with Crippen molar-refractivity contribution in [1.82, 2.24) is 0 Å². The third-order valence-electron chi connectivity index (χ3n) is 1.67. The number of ketones is 1. The van der Waals surface area contributed by atoms with Gasteiger partial charge >= 0.3 is 0 Å². The van der Waals surface area contributed by atoms with E-state index in [9.17, 15) is 9.18 Å². The average Bonchev–Trinajstić information content (AvgIpc) is 2.10. The third kappa shape index (κ3) is 2.29. The molecule has 0 heterocycles. The minimum Gasteiger partial charge on any atom is -0.293 e. The fourth-order valence-electron chi connectivity index (χ4n) is 0.943. The predicted molar refractivity (Wildman–Crippen MR) is 54.3 cm³/mol. The Bertz CT molecular complexity index is 352. The zero-order valence-electron chi connectivity index (χ0n) is 6.90. The number of carbonyl (C=O) groups excluding carboxylic acids is 1. The maximum atomic E-state index is 13.1. The van der Waals surface area contributed by atoms with E-state index in [4.69, 9.17) is 11.6 Å². The summed E-state index contributed by atoms with van der Waals surface area (Å²) >= 11 is 8.65. The second-order valence-corrected chi connectivity index (χ2v) is 3.61. The number of alkyl halides is 1. The summed E-state index contributed by atoms with van der Waals surface area (Å²) in [4.78, 5) is 11.2. The third-order valence-corrected chi connectivity index (χ3v) is 2.59. The van der Waals surface area contributed by atoms with Crippen LogP contribution < -0.4 is 0 Å². The minimum atomic E-state index is -0.569. The van der Waals surface area contributed by atoms with Crippen molar-refractivity contribution in [2.75, 3.05) is 5.33 Å². The number of aryl methyl sites for hydroxylation is 1. The van der Waals surface area contributed by atoms with Crippen molar-refractivity contribution >= 4 is 33.3 Å². The lowest BCUT2D eigenvalue weighted by molar-refractivity contribution is 0.102. The first kappa shape index (κ1) is 10.7. The van der Waals surface area contributed by atoms with Gasteiger partial charge < -0.3 is 0 Å². The molecule has 0 atom stereocenters. The summed E-state index contributed by atoms with van der Waals surface area (Å²) in [6, 6.07) is 2.62.